The van der Waals surface area contributed by atoms with Gasteiger partial charge in [-0.3, -0.25) is 0 Å². The topological polar surface area (TPSA) is 21.3 Å². The van der Waals surface area contributed by atoms with Gasteiger partial charge in [0.15, 0.2) is 0 Å². The summed E-state index contributed by atoms with van der Waals surface area (Å²) < 4.78 is 5.88. The van der Waals surface area contributed by atoms with E-state index in [1.165, 1.54) is 10.5 Å². The number of para-hydroxylation sites is 1. The van der Waals surface area contributed by atoms with E-state index in [2.05, 4.69) is 23.5 Å². The second-order valence-electron chi connectivity index (χ2n) is 4.73. The van der Waals surface area contributed by atoms with Gasteiger partial charge in [0.2, 0.25) is 0 Å². The summed E-state index contributed by atoms with van der Waals surface area (Å²) in [5.41, 5.74) is 1.22. The van der Waals surface area contributed by atoms with Gasteiger partial charge in [0.1, 0.15) is 12.4 Å². The van der Waals surface area contributed by atoms with Crippen molar-refractivity contribution in [2.75, 3.05) is 13.7 Å². The number of hydrogen-bond donors (Lipinski definition) is 1. The van der Waals surface area contributed by atoms with Crippen LogP contribution in [0.3, 0.4) is 0 Å². The Bertz CT molecular complexity index is 605. The SMILES string of the molecule is CNC1c2ccccc2OCC1Sc1cccc(Cl)c1. The predicted molar refractivity (Wildman–Crippen MR) is 84.8 cm³/mol. The second kappa shape index (κ2) is 6.08. The van der Waals surface area contributed by atoms with Gasteiger partial charge in [-0.15, -0.1) is 11.8 Å². The molecule has 0 saturated carbocycles. The molecule has 2 aromatic carbocycles. The smallest absolute Gasteiger partial charge is 0.124 e. The minimum atomic E-state index is 0.281. The van der Waals surface area contributed by atoms with Crippen molar-refractivity contribution in [3.8, 4) is 5.75 Å². The standard InChI is InChI=1S/C16H16ClNOS/c1-18-16-13-7-2-3-8-14(13)19-10-15(16)20-12-6-4-5-11(17)9-12/h2-9,15-16,18H,10H2,1H3. The molecule has 0 bridgehead atoms. The number of ether oxygens (including phenoxy) is 1. The number of hydrogen-bond acceptors (Lipinski definition) is 3. The van der Waals surface area contributed by atoms with E-state index in [0.717, 1.165) is 10.8 Å². The minimum absolute atomic E-state index is 0.281. The van der Waals surface area contributed by atoms with Crippen molar-refractivity contribution in [1.29, 1.82) is 0 Å². The summed E-state index contributed by atoms with van der Waals surface area (Å²) in [6, 6.07) is 16.5. The fourth-order valence-corrected chi connectivity index (χ4v) is 4.01. The van der Waals surface area contributed by atoms with Crippen molar-refractivity contribution in [1.82, 2.24) is 5.32 Å². The molecule has 2 aromatic rings. The Hall–Kier alpha value is -1.16. The Balaban J connectivity index is 1.84. The monoisotopic (exact) mass is 305 g/mol. The fraction of sp³-hybridized carbons (Fsp3) is 0.250. The summed E-state index contributed by atoms with van der Waals surface area (Å²) in [6.45, 7) is 0.694. The number of thioether (sulfide) groups is 1. The zero-order valence-electron chi connectivity index (χ0n) is 11.2. The lowest BCUT2D eigenvalue weighted by Crippen LogP contribution is -2.35. The van der Waals surface area contributed by atoms with Crippen molar-refractivity contribution in [3.05, 3.63) is 59.1 Å². The molecule has 0 amide bonds. The van der Waals surface area contributed by atoms with Gasteiger partial charge in [-0.25, -0.2) is 0 Å². The molecule has 1 N–H and O–H groups in total. The third kappa shape index (κ3) is 2.80. The lowest BCUT2D eigenvalue weighted by atomic mass is 10.0. The molecule has 1 aliphatic heterocycles. The molecular formula is C16H16ClNOS. The highest BCUT2D eigenvalue weighted by Crippen LogP contribution is 2.39. The van der Waals surface area contributed by atoms with E-state index in [4.69, 9.17) is 16.3 Å². The molecule has 4 heteroatoms. The van der Waals surface area contributed by atoms with E-state index < -0.39 is 0 Å². The number of halogens is 1. The lowest BCUT2D eigenvalue weighted by Gasteiger charge is -2.33. The van der Waals surface area contributed by atoms with Crippen molar-refractivity contribution in [2.24, 2.45) is 0 Å². The van der Waals surface area contributed by atoms with Crippen LogP contribution >= 0.6 is 23.4 Å². The Morgan fingerprint density at radius 2 is 2.05 bits per heavy atom. The normalized spacial score (nSPS) is 21.1. The molecular weight excluding hydrogens is 290 g/mol. The van der Waals surface area contributed by atoms with E-state index in [0.29, 0.717) is 11.9 Å². The van der Waals surface area contributed by atoms with Crippen LogP contribution in [0.1, 0.15) is 11.6 Å². The van der Waals surface area contributed by atoms with Crippen LogP contribution in [0, 0.1) is 0 Å². The Labute approximate surface area is 128 Å². The molecule has 3 rings (SSSR count). The Morgan fingerprint density at radius 3 is 2.85 bits per heavy atom. The van der Waals surface area contributed by atoms with Crippen molar-refractivity contribution >= 4 is 23.4 Å². The Morgan fingerprint density at radius 1 is 1.20 bits per heavy atom. The maximum atomic E-state index is 6.05. The molecule has 0 aromatic heterocycles. The van der Waals surface area contributed by atoms with Gasteiger partial charge in [0.05, 0.1) is 11.3 Å². The highest BCUT2D eigenvalue weighted by atomic mass is 35.5. The molecule has 0 radical (unpaired) electrons. The Kier molecular flexibility index (Phi) is 4.20. The first kappa shape index (κ1) is 13.8. The van der Waals surface area contributed by atoms with Gasteiger partial charge in [-0.1, -0.05) is 35.9 Å². The number of rotatable bonds is 3. The first-order valence-corrected chi connectivity index (χ1v) is 7.85. The average Bonchev–Trinajstić information content (AvgIpc) is 2.47. The van der Waals surface area contributed by atoms with Crippen LogP contribution in [-0.2, 0) is 0 Å². The van der Waals surface area contributed by atoms with Gasteiger partial charge in [0, 0.05) is 15.5 Å². The molecule has 1 heterocycles. The van der Waals surface area contributed by atoms with Gasteiger partial charge >= 0.3 is 0 Å². The van der Waals surface area contributed by atoms with Crippen LogP contribution < -0.4 is 10.1 Å². The van der Waals surface area contributed by atoms with E-state index in [-0.39, 0.29) is 6.04 Å². The van der Waals surface area contributed by atoms with Gasteiger partial charge in [-0.2, -0.15) is 0 Å². The zero-order valence-corrected chi connectivity index (χ0v) is 12.7. The molecule has 0 fully saturated rings. The van der Waals surface area contributed by atoms with Crippen LogP contribution in [-0.4, -0.2) is 18.9 Å². The van der Waals surface area contributed by atoms with Gasteiger partial charge in [0.25, 0.3) is 0 Å². The van der Waals surface area contributed by atoms with Crippen LogP contribution in [0.4, 0.5) is 0 Å². The third-order valence-corrected chi connectivity index (χ3v) is 4.90. The highest BCUT2D eigenvalue weighted by Gasteiger charge is 2.30. The molecule has 2 nitrogen and oxygen atoms in total. The molecule has 104 valence electrons. The number of fused-ring (bicyclic) bond motifs is 1. The summed E-state index contributed by atoms with van der Waals surface area (Å²) in [4.78, 5) is 1.17. The molecule has 2 atom stereocenters. The third-order valence-electron chi connectivity index (χ3n) is 3.42. The largest absolute Gasteiger partial charge is 0.492 e. The highest BCUT2D eigenvalue weighted by molar-refractivity contribution is 8.00. The average molecular weight is 306 g/mol. The molecule has 0 aliphatic carbocycles. The van der Waals surface area contributed by atoms with E-state index in [9.17, 15) is 0 Å². The van der Waals surface area contributed by atoms with Crippen molar-refractivity contribution in [3.63, 3.8) is 0 Å². The fourth-order valence-electron chi connectivity index (χ4n) is 2.50. The molecule has 1 aliphatic rings. The summed E-state index contributed by atoms with van der Waals surface area (Å²) in [7, 11) is 2.00. The quantitative estimate of drug-likeness (QED) is 0.920. The summed E-state index contributed by atoms with van der Waals surface area (Å²) in [5, 5.41) is 4.51. The van der Waals surface area contributed by atoms with Crippen LogP contribution in [0.5, 0.6) is 5.75 Å². The predicted octanol–water partition coefficient (Wildman–Crippen LogP) is 4.15. The molecule has 0 spiro atoms. The zero-order chi connectivity index (χ0) is 13.9. The first-order chi connectivity index (χ1) is 9.78. The van der Waals surface area contributed by atoms with E-state index in [1.54, 1.807) is 11.8 Å². The minimum Gasteiger partial charge on any atom is -0.492 e. The summed E-state index contributed by atoms with van der Waals surface area (Å²) in [6.07, 6.45) is 0. The lowest BCUT2D eigenvalue weighted by molar-refractivity contribution is 0.265. The van der Waals surface area contributed by atoms with Crippen LogP contribution in [0.25, 0.3) is 0 Å². The van der Waals surface area contributed by atoms with Crippen LogP contribution in [0.2, 0.25) is 5.02 Å². The van der Waals surface area contributed by atoms with Gasteiger partial charge in [-0.05, 0) is 31.3 Å². The first-order valence-electron chi connectivity index (χ1n) is 6.59. The molecule has 2 unspecified atom stereocenters. The molecule has 20 heavy (non-hydrogen) atoms. The van der Waals surface area contributed by atoms with Crippen LogP contribution in [0.15, 0.2) is 53.4 Å². The summed E-state index contributed by atoms with van der Waals surface area (Å²) in [5.74, 6) is 0.981. The van der Waals surface area contributed by atoms with Crippen molar-refractivity contribution < 1.29 is 4.74 Å². The van der Waals surface area contributed by atoms with E-state index in [1.807, 2.05) is 37.4 Å². The number of nitrogens with one attached hydrogen (secondary N) is 1. The van der Waals surface area contributed by atoms with Crippen molar-refractivity contribution in [2.45, 2.75) is 16.2 Å². The maximum Gasteiger partial charge on any atom is 0.124 e. The summed E-state index contributed by atoms with van der Waals surface area (Å²) >= 11 is 7.86. The maximum absolute atomic E-state index is 6.05. The van der Waals surface area contributed by atoms with Gasteiger partial charge < -0.3 is 10.1 Å². The number of benzene rings is 2. The second-order valence-corrected chi connectivity index (χ2v) is 6.48. The molecule has 0 saturated heterocycles. The van der Waals surface area contributed by atoms with E-state index >= 15 is 0 Å².